The summed E-state index contributed by atoms with van der Waals surface area (Å²) in [5.41, 5.74) is 7.83. The average molecular weight is 416 g/mol. The number of hydrogen-bond acceptors (Lipinski definition) is 5. The zero-order valence-corrected chi connectivity index (χ0v) is 16.6. The Hall–Kier alpha value is -3.33. The van der Waals surface area contributed by atoms with Gasteiger partial charge >= 0.3 is 6.18 Å². The van der Waals surface area contributed by atoms with Crippen molar-refractivity contribution in [3.8, 4) is 11.4 Å². The number of alkyl halides is 3. The maximum absolute atomic E-state index is 13.1. The molecule has 0 saturated heterocycles. The van der Waals surface area contributed by atoms with E-state index in [1.807, 2.05) is 41.1 Å². The molecule has 0 radical (unpaired) electrons. The molecule has 1 atom stereocenters. The van der Waals surface area contributed by atoms with Crippen molar-refractivity contribution < 1.29 is 13.2 Å². The monoisotopic (exact) mass is 416 g/mol. The van der Waals surface area contributed by atoms with Gasteiger partial charge in [-0.25, -0.2) is 4.98 Å². The van der Waals surface area contributed by atoms with Crippen molar-refractivity contribution in [1.82, 2.24) is 20.0 Å². The summed E-state index contributed by atoms with van der Waals surface area (Å²) in [7, 11) is 0. The Morgan fingerprint density at radius 1 is 1.07 bits per heavy atom. The van der Waals surface area contributed by atoms with Crippen LogP contribution in [0.2, 0.25) is 0 Å². The van der Waals surface area contributed by atoms with Crippen molar-refractivity contribution in [1.29, 1.82) is 0 Å². The van der Waals surface area contributed by atoms with Crippen molar-refractivity contribution in [2.75, 3.05) is 0 Å². The second-order valence-corrected chi connectivity index (χ2v) is 7.17. The van der Waals surface area contributed by atoms with Crippen LogP contribution in [0.15, 0.2) is 66.9 Å². The summed E-state index contributed by atoms with van der Waals surface area (Å²) < 4.78 is 41.3. The fourth-order valence-electron chi connectivity index (χ4n) is 3.37. The van der Waals surface area contributed by atoms with E-state index in [4.69, 9.17) is 11.6 Å². The molecule has 30 heavy (non-hydrogen) atoms. The molecule has 0 saturated carbocycles. The predicted octanol–water partition coefficient (Wildman–Crippen LogP) is 3.84. The number of hydrazine groups is 1. The minimum atomic E-state index is -4.70. The van der Waals surface area contributed by atoms with Crippen LogP contribution in [0, 0.1) is 5.92 Å². The molecule has 1 aromatic carbocycles. The lowest BCUT2D eigenvalue weighted by Gasteiger charge is -2.22. The maximum atomic E-state index is 13.1. The van der Waals surface area contributed by atoms with Crippen molar-refractivity contribution in [2.24, 2.45) is 17.5 Å². The highest BCUT2D eigenvalue weighted by Gasteiger charge is 2.36. The highest BCUT2D eigenvalue weighted by Crippen LogP contribution is 2.30. The Balaban J connectivity index is 1.98. The van der Waals surface area contributed by atoms with Gasteiger partial charge in [0.25, 0.3) is 0 Å². The van der Waals surface area contributed by atoms with Gasteiger partial charge in [-0.05, 0) is 23.6 Å². The number of rotatable bonds is 6. The molecule has 0 amide bonds. The van der Waals surface area contributed by atoms with E-state index in [0.717, 1.165) is 5.56 Å². The number of nitrogens with one attached hydrogen (secondary N) is 1. The second kappa shape index (κ2) is 8.58. The van der Waals surface area contributed by atoms with Crippen LogP contribution in [-0.4, -0.2) is 20.7 Å². The standard InChI is InChI=1S/C21H23F3N6/c1-13(2)19(14-6-4-3-5-7-14)30-11-17(28-12-30)16-10-15(8-9-27-16)18(25)20(29-26)21(22,23)24/h3-13,19,29H,25-26H2,1-2H3/b20-18-. The first-order chi connectivity index (χ1) is 14.2. The third-order valence-corrected chi connectivity index (χ3v) is 4.73. The van der Waals surface area contributed by atoms with E-state index in [0.29, 0.717) is 11.4 Å². The highest BCUT2D eigenvalue weighted by molar-refractivity contribution is 5.69. The number of aromatic nitrogens is 3. The topological polar surface area (TPSA) is 94.8 Å². The van der Waals surface area contributed by atoms with Crippen molar-refractivity contribution in [3.05, 3.63) is 78.0 Å². The lowest BCUT2D eigenvalue weighted by Crippen LogP contribution is -2.34. The number of pyridine rings is 1. The zero-order chi connectivity index (χ0) is 21.9. The fraction of sp³-hybridized carbons (Fsp3) is 0.238. The van der Waals surface area contributed by atoms with Gasteiger partial charge in [-0.2, -0.15) is 13.2 Å². The third-order valence-electron chi connectivity index (χ3n) is 4.73. The van der Waals surface area contributed by atoms with E-state index in [9.17, 15) is 13.2 Å². The SMILES string of the molecule is CC(C)C(c1ccccc1)n1cnc(-c2cc(/C(N)=C(/NN)C(F)(F)F)ccn2)c1. The number of halogens is 3. The summed E-state index contributed by atoms with van der Waals surface area (Å²) in [6.45, 7) is 4.22. The Morgan fingerprint density at radius 3 is 2.37 bits per heavy atom. The van der Waals surface area contributed by atoms with Gasteiger partial charge in [-0.3, -0.25) is 10.8 Å². The second-order valence-electron chi connectivity index (χ2n) is 7.17. The quantitative estimate of drug-likeness (QED) is 0.419. The van der Waals surface area contributed by atoms with Gasteiger partial charge in [0.2, 0.25) is 0 Å². The van der Waals surface area contributed by atoms with Crippen LogP contribution in [0.3, 0.4) is 0 Å². The maximum Gasteiger partial charge on any atom is 0.434 e. The summed E-state index contributed by atoms with van der Waals surface area (Å²) in [6.07, 6.45) is 0.209. The summed E-state index contributed by atoms with van der Waals surface area (Å²) in [5.74, 6) is 5.32. The molecule has 0 aliphatic carbocycles. The van der Waals surface area contributed by atoms with Gasteiger partial charge in [0, 0.05) is 18.0 Å². The Morgan fingerprint density at radius 2 is 1.77 bits per heavy atom. The molecule has 3 rings (SSSR count). The fourth-order valence-corrected chi connectivity index (χ4v) is 3.37. The lowest BCUT2D eigenvalue weighted by atomic mass is 9.96. The van der Waals surface area contributed by atoms with Crippen LogP contribution in [-0.2, 0) is 0 Å². The molecule has 1 unspecified atom stereocenters. The highest BCUT2D eigenvalue weighted by atomic mass is 19.4. The molecule has 0 aliphatic rings. The summed E-state index contributed by atoms with van der Waals surface area (Å²) in [6, 6.07) is 12.9. The summed E-state index contributed by atoms with van der Waals surface area (Å²) in [5, 5.41) is 0. The molecule has 158 valence electrons. The molecule has 2 heterocycles. The number of nitrogens with two attached hydrogens (primary N) is 2. The van der Waals surface area contributed by atoms with Crippen LogP contribution in [0.1, 0.15) is 31.0 Å². The number of benzene rings is 1. The van der Waals surface area contributed by atoms with E-state index >= 15 is 0 Å². The van der Waals surface area contributed by atoms with Crippen molar-refractivity contribution >= 4 is 5.70 Å². The number of hydrogen-bond donors (Lipinski definition) is 3. The smallest absolute Gasteiger partial charge is 0.397 e. The number of imidazole rings is 1. The summed E-state index contributed by atoms with van der Waals surface area (Å²) >= 11 is 0. The molecular formula is C21H23F3N6. The van der Waals surface area contributed by atoms with Crippen molar-refractivity contribution in [3.63, 3.8) is 0 Å². The Labute approximate surface area is 172 Å². The van der Waals surface area contributed by atoms with Gasteiger partial charge in [-0.1, -0.05) is 44.2 Å². The van der Waals surface area contributed by atoms with Crippen molar-refractivity contribution in [2.45, 2.75) is 26.1 Å². The van der Waals surface area contributed by atoms with Gasteiger partial charge < -0.3 is 15.7 Å². The zero-order valence-electron chi connectivity index (χ0n) is 16.6. The van der Waals surface area contributed by atoms with E-state index < -0.39 is 17.6 Å². The normalized spacial score (nSPS) is 13.8. The Bertz CT molecular complexity index is 1020. The van der Waals surface area contributed by atoms with Crippen LogP contribution in [0.25, 0.3) is 17.1 Å². The van der Waals surface area contributed by atoms with E-state index in [1.165, 1.54) is 18.3 Å². The molecule has 0 aliphatic heterocycles. The summed E-state index contributed by atoms with van der Waals surface area (Å²) in [4.78, 5) is 8.65. The molecule has 0 bridgehead atoms. The lowest BCUT2D eigenvalue weighted by molar-refractivity contribution is -0.0961. The van der Waals surface area contributed by atoms with Gasteiger partial charge in [0.1, 0.15) is 5.69 Å². The molecule has 3 aromatic rings. The third kappa shape index (κ3) is 4.46. The first kappa shape index (κ1) is 21.4. The largest absolute Gasteiger partial charge is 0.434 e. The molecule has 0 fully saturated rings. The molecule has 6 nitrogen and oxygen atoms in total. The minimum Gasteiger partial charge on any atom is -0.397 e. The molecular weight excluding hydrogens is 393 g/mol. The first-order valence-corrected chi connectivity index (χ1v) is 9.31. The Kier molecular flexibility index (Phi) is 6.12. The van der Waals surface area contributed by atoms with E-state index in [2.05, 4.69) is 23.8 Å². The predicted molar refractivity (Wildman–Crippen MR) is 109 cm³/mol. The van der Waals surface area contributed by atoms with Crippen LogP contribution < -0.4 is 17.0 Å². The first-order valence-electron chi connectivity index (χ1n) is 9.31. The number of allylic oxidation sites excluding steroid dienone is 1. The van der Waals surface area contributed by atoms with Gasteiger partial charge in [0.05, 0.1) is 23.8 Å². The minimum absolute atomic E-state index is 0.0545. The van der Waals surface area contributed by atoms with Gasteiger partial charge in [0.15, 0.2) is 5.70 Å². The number of nitrogens with zero attached hydrogens (tertiary/aromatic N) is 3. The van der Waals surface area contributed by atoms with Gasteiger partial charge in [-0.15, -0.1) is 0 Å². The van der Waals surface area contributed by atoms with Crippen LogP contribution >= 0.6 is 0 Å². The van der Waals surface area contributed by atoms with E-state index in [1.54, 1.807) is 11.8 Å². The van der Waals surface area contributed by atoms with E-state index in [-0.39, 0.29) is 17.5 Å². The van der Waals surface area contributed by atoms with Crippen LogP contribution in [0.5, 0.6) is 0 Å². The van der Waals surface area contributed by atoms with Crippen LogP contribution in [0.4, 0.5) is 13.2 Å². The molecule has 0 spiro atoms. The molecule has 2 aromatic heterocycles. The average Bonchev–Trinajstić information content (AvgIpc) is 3.18. The molecule has 5 N–H and O–H groups in total. The molecule has 9 heteroatoms.